The number of rotatable bonds is 1. The quantitative estimate of drug-likeness (QED) is 0.726. The van der Waals surface area contributed by atoms with Crippen LogP contribution in [0, 0.1) is 6.92 Å². The number of hydrogen-bond acceptors (Lipinski definition) is 2. The van der Waals surface area contributed by atoms with E-state index >= 15 is 0 Å². The molecule has 0 amide bonds. The first-order valence-corrected chi connectivity index (χ1v) is 5.55. The fourth-order valence-electron chi connectivity index (χ4n) is 2.05. The summed E-state index contributed by atoms with van der Waals surface area (Å²) in [7, 11) is 0. The Morgan fingerprint density at radius 2 is 1.82 bits per heavy atom. The van der Waals surface area contributed by atoms with E-state index in [2.05, 4.69) is 4.99 Å². The van der Waals surface area contributed by atoms with Gasteiger partial charge in [-0.2, -0.15) is 0 Å². The van der Waals surface area contributed by atoms with E-state index < -0.39 is 0 Å². The van der Waals surface area contributed by atoms with E-state index in [0.29, 0.717) is 11.3 Å². The molecular formula is C15H11NO. The van der Waals surface area contributed by atoms with Crippen LogP contribution in [-0.2, 0) is 0 Å². The van der Waals surface area contributed by atoms with Gasteiger partial charge in [0, 0.05) is 11.1 Å². The number of nitrogens with zero attached hydrogens (tertiary/aromatic N) is 1. The smallest absolute Gasteiger partial charge is 0.214 e. The molecule has 1 aliphatic heterocycles. The van der Waals surface area contributed by atoms with Crippen LogP contribution in [0.1, 0.15) is 21.5 Å². The maximum Gasteiger partial charge on any atom is 0.214 e. The van der Waals surface area contributed by atoms with Gasteiger partial charge in [-0.05, 0) is 25.1 Å². The summed E-state index contributed by atoms with van der Waals surface area (Å²) >= 11 is 0. The van der Waals surface area contributed by atoms with Crippen molar-refractivity contribution in [3.8, 4) is 0 Å². The van der Waals surface area contributed by atoms with Gasteiger partial charge in [0.25, 0.3) is 0 Å². The topological polar surface area (TPSA) is 29.4 Å². The molecule has 2 aromatic carbocycles. The van der Waals surface area contributed by atoms with Gasteiger partial charge in [-0.1, -0.05) is 35.9 Å². The van der Waals surface area contributed by atoms with Crippen molar-refractivity contribution in [3.63, 3.8) is 0 Å². The third kappa shape index (κ3) is 1.58. The van der Waals surface area contributed by atoms with Gasteiger partial charge in [-0.3, -0.25) is 4.79 Å². The number of Topliss-reactive ketones (excluding diaryl/α,β-unsaturated/α-hetero) is 1. The molecule has 0 unspecified atom stereocenters. The summed E-state index contributed by atoms with van der Waals surface area (Å²) in [6.45, 7) is 2.01. The Morgan fingerprint density at radius 3 is 2.59 bits per heavy atom. The van der Waals surface area contributed by atoms with E-state index in [9.17, 15) is 4.79 Å². The molecule has 0 saturated carbocycles. The minimum Gasteiger partial charge on any atom is -0.287 e. The Balaban J connectivity index is 2.12. The van der Waals surface area contributed by atoms with Crippen LogP contribution in [0.2, 0.25) is 0 Å². The predicted octanol–water partition coefficient (Wildman–Crippen LogP) is 3.31. The van der Waals surface area contributed by atoms with Gasteiger partial charge < -0.3 is 0 Å². The standard InChI is InChI=1S/C15H11NO/c1-10-5-4-6-11(9-10)14-15(17)12-7-2-3-8-13(12)16-14/h2-9H,1H3. The number of benzene rings is 2. The third-order valence-corrected chi connectivity index (χ3v) is 2.89. The molecule has 0 radical (unpaired) electrons. The van der Waals surface area contributed by atoms with E-state index in [1.54, 1.807) is 0 Å². The lowest BCUT2D eigenvalue weighted by atomic mass is 10.0. The molecule has 0 aliphatic carbocycles. The molecule has 82 valence electrons. The number of aliphatic imine (C=N–C) groups is 1. The summed E-state index contributed by atoms with van der Waals surface area (Å²) in [5.74, 6) is 0.0196. The summed E-state index contributed by atoms with van der Waals surface area (Å²) in [5.41, 5.74) is 4.05. The summed E-state index contributed by atoms with van der Waals surface area (Å²) in [6.07, 6.45) is 0. The fraction of sp³-hybridized carbons (Fsp3) is 0.0667. The summed E-state index contributed by atoms with van der Waals surface area (Å²) in [6, 6.07) is 15.3. The van der Waals surface area contributed by atoms with Gasteiger partial charge in [0.05, 0.1) is 5.69 Å². The zero-order valence-electron chi connectivity index (χ0n) is 9.47. The number of carbonyl (C=O) groups excluding carboxylic acids is 1. The molecule has 0 atom stereocenters. The maximum absolute atomic E-state index is 12.2. The zero-order chi connectivity index (χ0) is 11.8. The normalized spacial score (nSPS) is 13.5. The van der Waals surface area contributed by atoms with Crippen molar-refractivity contribution in [1.29, 1.82) is 0 Å². The number of ketones is 1. The second kappa shape index (κ2) is 3.67. The third-order valence-electron chi connectivity index (χ3n) is 2.89. The summed E-state index contributed by atoms with van der Waals surface area (Å²) in [5, 5.41) is 0. The fourth-order valence-corrected chi connectivity index (χ4v) is 2.05. The Bertz CT molecular complexity index is 641. The van der Waals surface area contributed by atoms with Gasteiger partial charge in [0.2, 0.25) is 5.78 Å². The maximum atomic E-state index is 12.2. The SMILES string of the molecule is Cc1cccc(C2=Nc3ccccc3C2=O)c1. The second-order valence-corrected chi connectivity index (χ2v) is 4.18. The van der Waals surface area contributed by atoms with Crippen LogP contribution in [0.15, 0.2) is 53.5 Å². The first-order valence-electron chi connectivity index (χ1n) is 5.55. The minimum atomic E-state index is 0.0196. The lowest BCUT2D eigenvalue weighted by Crippen LogP contribution is -2.10. The molecule has 0 fully saturated rings. The number of carbonyl (C=O) groups is 1. The summed E-state index contributed by atoms with van der Waals surface area (Å²) < 4.78 is 0. The molecule has 17 heavy (non-hydrogen) atoms. The molecule has 0 N–H and O–H groups in total. The Labute approximate surface area is 99.6 Å². The van der Waals surface area contributed by atoms with Crippen molar-refractivity contribution >= 4 is 17.2 Å². The highest BCUT2D eigenvalue weighted by molar-refractivity contribution is 6.54. The van der Waals surface area contributed by atoms with Crippen LogP contribution in [0.25, 0.3) is 0 Å². The first-order chi connectivity index (χ1) is 8.25. The molecule has 2 heteroatoms. The minimum absolute atomic E-state index is 0.0196. The highest BCUT2D eigenvalue weighted by Gasteiger charge is 2.24. The van der Waals surface area contributed by atoms with Crippen LogP contribution in [0.4, 0.5) is 5.69 Å². The molecule has 3 rings (SSSR count). The van der Waals surface area contributed by atoms with Crippen molar-refractivity contribution in [2.24, 2.45) is 4.99 Å². The molecule has 0 saturated heterocycles. The Morgan fingerprint density at radius 1 is 1.00 bits per heavy atom. The van der Waals surface area contributed by atoms with Crippen LogP contribution in [0.3, 0.4) is 0 Å². The Kier molecular flexibility index (Phi) is 2.15. The highest BCUT2D eigenvalue weighted by atomic mass is 16.1. The van der Waals surface area contributed by atoms with Crippen LogP contribution in [-0.4, -0.2) is 11.5 Å². The van der Waals surface area contributed by atoms with Gasteiger partial charge in [-0.25, -0.2) is 4.99 Å². The van der Waals surface area contributed by atoms with Crippen LogP contribution in [0.5, 0.6) is 0 Å². The average molecular weight is 221 g/mol. The molecule has 2 aromatic rings. The zero-order valence-corrected chi connectivity index (χ0v) is 9.47. The van der Waals surface area contributed by atoms with Crippen molar-refractivity contribution in [2.75, 3.05) is 0 Å². The van der Waals surface area contributed by atoms with Gasteiger partial charge in [0.15, 0.2) is 0 Å². The van der Waals surface area contributed by atoms with E-state index in [1.807, 2.05) is 55.5 Å². The molecule has 1 aliphatic rings. The van der Waals surface area contributed by atoms with Crippen LogP contribution >= 0.6 is 0 Å². The van der Waals surface area contributed by atoms with Gasteiger partial charge in [0.1, 0.15) is 5.71 Å². The number of aryl methyl sites for hydroxylation is 1. The molecule has 0 aromatic heterocycles. The van der Waals surface area contributed by atoms with Crippen molar-refractivity contribution in [3.05, 3.63) is 65.2 Å². The number of fused-ring (bicyclic) bond motifs is 1. The lowest BCUT2D eigenvalue weighted by molar-refractivity contribution is 0.107. The van der Waals surface area contributed by atoms with Crippen molar-refractivity contribution in [1.82, 2.24) is 0 Å². The van der Waals surface area contributed by atoms with E-state index in [0.717, 1.165) is 16.8 Å². The molecular weight excluding hydrogens is 210 g/mol. The van der Waals surface area contributed by atoms with E-state index in [-0.39, 0.29) is 5.78 Å². The number of para-hydroxylation sites is 1. The highest BCUT2D eigenvalue weighted by Crippen LogP contribution is 2.28. The first kappa shape index (κ1) is 9.97. The molecule has 1 heterocycles. The van der Waals surface area contributed by atoms with Gasteiger partial charge >= 0.3 is 0 Å². The predicted molar refractivity (Wildman–Crippen MR) is 68.1 cm³/mol. The Hall–Kier alpha value is -2.22. The van der Waals surface area contributed by atoms with Crippen molar-refractivity contribution < 1.29 is 4.79 Å². The largest absolute Gasteiger partial charge is 0.287 e. The van der Waals surface area contributed by atoms with Gasteiger partial charge in [-0.15, -0.1) is 0 Å². The lowest BCUT2D eigenvalue weighted by Gasteiger charge is -2.00. The second-order valence-electron chi connectivity index (χ2n) is 4.18. The van der Waals surface area contributed by atoms with E-state index in [4.69, 9.17) is 0 Å². The monoisotopic (exact) mass is 221 g/mol. The van der Waals surface area contributed by atoms with Crippen LogP contribution < -0.4 is 0 Å². The summed E-state index contributed by atoms with van der Waals surface area (Å²) in [4.78, 5) is 16.6. The van der Waals surface area contributed by atoms with Crippen molar-refractivity contribution in [2.45, 2.75) is 6.92 Å². The van der Waals surface area contributed by atoms with E-state index in [1.165, 1.54) is 0 Å². The molecule has 2 nitrogen and oxygen atoms in total. The average Bonchev–Trinajstić information content (AvgIpc) is 2.68. The molecule has 0 spiro atoms. The molecule has 0 bridgehead atoms. The number of hydrogen-bond donors (Lipinski definition) is 0.